The molecule has 0 aliphatic heterocycles. The zero-order valence-corrected chi connectivity index (χ0v) is 10.6. The average molecular weight is 210 g/mol. The highest BCUT2D eigenvalue weighted by Gasteiger charge is 2.47. The van der Waals surface area contributed by atoms with Crippen LogP contribution in [0.1, 0.15) is 65.7 Å². The van der Waals surface area contributed by atoms with Crippen LogP contribution in [0.3, 0.4) is 0 Å². The first kappa shape index (κ1) is 11.4. The SMILES string of the molecule is CC(C)(C)C1CCCCC1(O)CC1CC1. The summed E-state index contributed by atoms with van der Waals surface area (Å²) in [5.74, 6) is 1.36. The molecule has 0 aromatic heterocycles. The molecule has 0 radical (unpaired) electrons. The second kappa shape index (κ2) is 3.76. The van der Waals surface area contributed by atoms with Crippen molar-refractivity contribution >= 4 is 0 Å². The van der Waals surface area contributed by atoms with Crippen molar-refractivity contribution in [3.05, 3.63) is 0 Å². The highest BCUT2D eigenvalue weighted by molar-refractivity contribution is 4.98. The Balaban J connectivity index is 2.09. The minimum atomic E-state index is -0.336. The van der Waals surface area contributed by atoms with Gasteiger partial charge in [-0.3, -0.25) is 0 Å². The molecule has 0 aromatic rings. The van der Waals surface area contributed by atoms with Gasteiger partial charge >= 0.3 is 0 Å². The van der Waals surface area contributed by atoms with E-state index < -0.39 is 0 Å². The van der Waals surface area contributed by atoms with Gasteiger partial charge in [0.15, 0.2) is 0 Å². The Bertz CT molecular complexity index is 224. The minimum absolute atomic E-state index is 0.268. The Labute approximate surface area is 94.3 Å². The normalized spacial score (nSPS) is 38.0. The van der Waals surface area contributed by atoms with E-state index in [1.165, 1.54) is 32.1 Å². The lowest BCUT2D eigenvalue weighted by Gasteiger charge is -2.47. The van der Waals surface area contributed by atoms with Gasteiger partial charge in [0.25, 0.3) is 0 Å². The van der Waals surface area contributed by atoms with E-state index in [1.54, 1.807) is 0 Å². The van der Waals surface area contributed by atoms with Gasteiger partial charge < -0.3 is 5.11 Å². The number of aliphatic hydroxyl groups is 1. The van der Waals surface area contributed by atoms with Crippen LogP contribution in [0.5, 0.6) is 0 Å². The molecule has 2 aliphatic rings. The Morgan fingerprint density at radius 1 is 1.13 bits per heavy atom. The highest BCUT2D eigenvalue weighted by atomic mass is 16.3. The van der Waals surface area contributed by atoms with Crippen molar-refractivity contribution in [2.24, 2.45) is 17.3 Å². The molecule has 15 heavy (non-hydrogen) atoms. The lowest BCUT2D eigenvalue weighted by molar-refractivity contribution is -0.0981. The predicted octanol–water partition coefficient (Wildman–Crippen LogP) is 3.75. The van der Waals surface area contributed by atoms with Crippen molar-refractivity contribution in [2.45, 2.75) is 71.3 Å². The van der Waals surface area contributed by atoms with Gasteiger partial charge in [-0.15, -0.1) is 0 Å². The molecule has 88 valence electrons. The molecule has 2 fully saturated rings. The van der Waals surface area contributed by atoms with E-state index >= 15 is 0 Å². The Hall–Kier alpha value is -0.0400. The van der Waals surface area contributed by atoms with Gasteiger partial charge in [-0.25, -0.2) is 0 Å². The summed E-state index contributed by atoms with van der Waals surface area (Å²) < 4.78 is 0. The maximum absolute atomic E-state index is 10.9. The largest absolute Gasteiger partial charge is 0.390 e. The van der Waals surface area contributed by atoms with Crippen molar-refractivity contribution in [3.8, 4) is 0 Å². The second-order valence-electron chi connectivity index (χ2n) is 6.92. The van der Waals surface area contributed by atoms with E-state index in [2.05, 4.69) is 20.8 Å². The molecule has 0 bridgehead atoms. The van der Waals surface area contributed by atoms with Crippen LogP contribution in [0.25, 0.3) is 0 Å². The molecule has 2 atom stereocenters. The summed E-state index contributed by atoms with van der Waals surface area (Å²) in [5.41, 5.74) is -0.0677. The molecule has 0 heterocycles. The van der Waals surface area contributed by atoms with Gasteiger partial charge in [0, 0.05) is 0 Å². The standard InChI is InChI=1S/C14H26O/c1-13(2,3)12-6-4-5-9-14(12,15)10-11-7-8-11/h11-12,15H,4-10H2,1-3H3. The van der Waals surface area contributed by atoms with Crippen molar-refractivity contribution in [1.82, 2.24) is 0 Å². The molecule has 2 unspecified atom stereocenters. The summed E-state index contributed by atoms with van der Waals surface area (Å²) in [5, 5.41) is 10.9. The fourth-order valence-corrected chi connectivity index (χ4v) is 3.53. The average Bonchev–Trinajstić information content (AvgIpc) is 2.86. The molecule has 2 aliphatic carbocycles. The van der Waals surface area contributed by atoms with Gasteiger partial charge in [-0.1, -0.05) is 46.5 Å². The third-order valence-electron chi connectivity index (χ3n) is 4.39. The van der Waals surface area contributed by atoms with Gasteiger partial charge in [0.2, 0.25) is 0 Å². The minimum Gasteiger partial charge on any atom is -0.390 e. The van der Waals surface area contributed by atoms with Crippen LogP contribution in [0.15, 0.2) is 0 Å². The number of hydrogen-bond acceptors (Lipinski definition) is 1. The van der Waals surface area contributed by atoms with Crippen molar-refractivity contribution in [2.75, 3.05) is 0 Å². The fourth-order valence-electron chi connectivity index (χ4n) is 3.53. The van der Waals surface area contributed by atoms with E-state index in [-0.39, 0.29) is 11.0 Å². The summed E-state index contributed by atoms with van der Waals surface area (Å²) in [6.45, 7) is 6.88. The van der Waals surface area contributed by atoms with E-state index in [9.17, 15) is 5.11 Å². The first-order valence-corrected chi connectivity index (χ1v) is 6.64. The topological polar surface area (TPSA) is 20.2 Å². The van der Waals surface area contributed by atoms with E-state index in [0.717, 1.165) is 18.8 Å². The maximum atomic E-state index is 10.9. The van der Waals surface area contributed by atoms with Crippen LogP contribution in [-0.4, -0.2) is 10.7 Å². The lowest BCUT2D eigenvalue weighted by Crippen LogP contribution is -2.47. The summed E-state index contributed by atoms with van der Waals surface area (Å²) in [4.78, 5) is 0. The van der Waals surface area contributed by atoms with Gasteiger partial charge in [0.1, 0.15) is 0 Å². The molecule has 0 amide bonds. The molecule has 0 spiro atoms. The molecular formula is C14H26O. The zero-order valence-electron chi connectivity index (χ0n) is 10.6. The Kier molecular flexibility index (Phi) is 2.87. The zero-order chi connectivity index (χ0) is 11.1. The van der Waals surface area contributed by atoms with Crippen LogP contribution in [-0.2, 0) is 0 Å². The van der Waals surface area contributed by atoms with Crippen molar-refractivity contribution in [3.63, 3.8) is 0 Å². The van der Waals surface area contributed by atoms with Gasteiger partial charge in [-0.05, 0) is 36.5 Å². The highest BCUT2D eigenvalue weighted by Crippen LogP contribution is 2.50. The van der Waals surface area contributed by atoms with Crippen LogP contribution < -0.4 is 0 Å². The Morgan fingerprint density at radius 3 is 2.33 bits per heavy atom. The maximum Gasteiger partial charge on any atom is 0.0683 e. The first-order chi connectivity index (χ1) is 6.92. The Morgan fingerprint density at radius 2 is 1.80 bits per heavy atom. The van der Waals surface area contributed by atoms with Crippen LogP contribution >= 0.6 is 0 Å². The fraction of sp³-hybridized carbons (Fsp3) is 1.00. The van der Waals surface area contributed by atoms with Crippen molar-refractivity contribution in [1.29, 1.82) is 0 Å². The molecular weight excluding hydrogens is 184 g/mol. The molecule has 2 saturated carbocycles. The van der Waals surface area contributed by atoms with E-state index in [0.29, 0.717) is 5.92 Å². The summed E-state index contributed by atoms with van der Waals surface area (Å²) in [6, 6.07) is 0. The summed E-state index contributed by atoms with van der Waals surface area (Å²) >= 11 is 0. The van der Waals surface area contributed by atoms with Crippen LogP contribution in [0.2, 0.25) is 0 Å². The predicted molar refractivity (Wildman–Crippen MR) is 63.7 cm³/mol. The third kappa shape index (κ3) is 2.55. The number of hydrogen-bond donors (Lipinski definition) is 1. The molecule has 1 nitrogen and oxygen atoms in total. The third-order valence-corrected chi connectivity index (χ3v) is 4.39. The monoisotopic (exact) mass is 210 g/mol. The molecule has 1 heteroatoms. The molecule has 0 saturated heterocycles. The first-order valence-electron chi connectivity index (χ1n) is 6.64. The van der Waals surface area contributed by atoms with E-state index in [4.69, 9.17) is 0 Å². The lowest BCUT2D eigenvalue weighted by atomic mass is 9.62. The van der Waals surface area contributed by atoms with Crippen LogP contribution in [0.4, 0.5) is 0 Å². The molecule has 2 rings (SSSR count). The number of rotatable bonds is 2. The van der Waals surface area contributed by atoms with Crippen molar-refractivity contribution < 1.29 is 5.11 Å². The molecule has 1 N–H and O–H groups in total. The van der Waals surface area contributed by atoms with Gasteiger partial charge in [-0.2, -0.15) is 0 Å². The second-order valence-corrected chi connectivity index (χ2v) is 6.92. The van der Waals surface area contributed by atoms with Gasteiger partial charge in [0.05, 0.1) is 5.60 Å². The summed E-state index contributed by atoms with van der Waals surface area (Å²) in [7, 11) is 0. The smallest absolute Gasteiger partial charge is 0.0683 e. The summed E-state index contributed by atoms with van der Waals surface area (Å²) in [6.07, 6.45) is 8.62. The van der Waals surface area contributed by atoms with Crippen LogP contribution in [0, 0.1) is 17.3 Å². The van der Waals surface area contributed by atoms with E-state index in [1.807, 2.05) is 0 Å². The molecule has 0 aromatic carbocycles. The quantitative estimate of drug-likeness (QED) is 0.736.